The van der Waals surface area contributed by atoms with E-state index in [9.17, 15) is 28.8 Å². The Morgan fingerprint density at radius 3 is 2.29 bits per heavy atom. The molecule has 4 bridgehead atoms. The summed E-state index contributed by atoms with van der Waals surface area (Å²) in [7, 11) is 0. The summed E-state index contributed by atoms with van der Waals surface area (Å²) in [5.41, 5.74) is 3.76. The minimum absolute atomic E-state index is 0.0504. The Morgan fingerprint density at radius 1 is 0.862 bits per heavy atom. The van der Waals surface area contributed by atoms with E-state index in [2.05, 4.69) is 57.4 Å². The molecule has 5 fully saturated rings. The highest BCUT2D eigenvalue weighted by Crippen LogP contribution is 2.53. The molecule has 65 heavy (non-hydrogen) atoms. The highest BCUT2D eigenvalue weighted by molar-refractivity contribution is 6.25. The largest absolute Gasteiger partial charge is 0.382 e. The topological polar surface area (TPSA) is 221 Å². The zero-order chi connectivity index (χ0) is 45.4. The molecule has 4 saturated carbocycles. The summed E-state index contributed by atoms with van der Waals surface area (Å²) in [6, 6.07) is 11.3. The molecule has 4 N–H and O–H groups in total. The summed E-state index contributed by atoms with van der Waals surface area (Å²) in [5, 5.41) is 24.7. The van der Waals surface area contributed by atoms with Crippen molar-refractivity contribution in [1.29, 1.82) is 0 Å². The summed E-state index contributed by atoms with van der Waals surface area (Å²) >= 11 is 0. The van der Waals surface area contributed by atoms with Crippen LogP contribution < -0.4 is 21.3 Å². The number of aromatic nitrogens is 5. The molecule has 0 radical (unpaired) electrons. The van der Waals surface area contributed by atoms with Gasteiger partial charge in [-0.2, -0.15) is 5.10 Å². The number of benzene rings is 2. The number of carbonyl (C=O) groups is 6. The van der Waals surface area contributed by atoms with Gasteiger partial charge in [0.05, 0.1) is 80.0 Å². The lowest BCUT2D eigenvalue weighted by Crippen LogP contribution is -2.55. The molecule has 10 rings (SSSR count). The van der Waals surface area contributed by atoms with Crippen LogP contribution in [0.15, 0.2) is 54.9 Å². The summed E-state index contributed by atoms with van der Waals surface area (Å²) in [6.45, 7) is 8.57. The van der Waals surface area contributed by atoms with Gasteiger partial charge in [-0.15, -0.1) is 5.10 Å². The average molecular weight is 889 g/mol. The lowest BCUT2D eigenvalue weighted by molar-refractivity contribution is -0.136. The van der Waals surface area contributed by atoms with Crippen LogP contribution in [0.2, 0.25) is 0 Å². The van der Waals surface area contributed by atoms with Gasteiger partial charge in [-0.25, -0.2) is 9.36 Å². The molecule has 4 heterocycles. The van der Waals surface area contributed by atoms with Crippen molar-refractivity contribution in [2.24, 2.45) is 23.7 Å². The zero-order valence-corrected chi connectivity index (χ0v) is 37.0. The third-order valence-electron chi connectivity index (χ3n) is 13.5. The van der Waals surface area contributed by atoms with Crippen LogP contribution in [0.25, 0.3) is 5.69 Å². The summed E-state index contributed by atoms with van der Waals surface area (Å²) < 4.78 is 14.8. The van der Waals surface area contributed by atoms with E-state index in [1.807, 2.05) is 16.8 Å². The zero-order valence-electron chi connectivity index (χ0n) is 37.0. The van der Waals surface area contributed by atoms with Gasteiger partial charge in [-0.3, -0.25) is 39.0 Å². The van der Waals surface area contributed by atoms with Gasteiger partial charge in [0, 0.05) is 35.7 Å². The number of hydrogen-bond acceptors (Lipinski definition) is 12. The third kappa shape index (κ3) is 9.18. The quantitative estimate of drug-likeness (QED) is 0.0879. The Balaban J connectivity index is 0.683. The molecule has 1 atom stereocenters. The minimum Gasteiger partial charge on any atom is -0.382 e. The van der Waals surface area contributed by atoms with E-state index in [-0.39, 0.29) is 53.8 Å². The number of hydrogen-bond donors (Lipinski definition) is 4. The van der Waals surface area contributed by atoms with Crippen molar-refractivity contribution in [2.45, 2.75) is 96.3 Å². The predicted octanol–water partition coefficient (Wildman–Crippen LogP) is 3.79. The molecule has 4 aromatic rings. The van der Waals surface area contributed by atoms with Gasteiger partial charge in [-0.05, 0) is 98.6 Å². The Kier molecular flexibility index (Phi) is 12.4. The molecule has 6 amide bonds. The normalized spacial score (nSPS) is 23.5. The van der Waals surface area contributed by atoms with Crippen LogP contribution in [0, 0.1) is 23.7 Å². The Hall–Kier alpha value is -6.27. The van der Waals surface area contributed by atoms with Gasteiger partial charge in [-0.1, -0.05) is 32.1 Å². The maximum Gasteiger partial charge on any atom is 0.264 e. The van der Waals surface area contributed by atoms with Crippen molar-refractivity contribution in [2.75, 3.05) is 38.3 Å². The number of nitrogens with one attached hydrogen (secondary N) is 4. The van der Waals surface area contributed by atoms with Gasteiger partial charge < -0.3 is 25.4 Å². The molecule has 18 heteroatoms. The number of imide groups is 2. The van der Waals surface area contributed by atoms with Crippen LogP contribution in [0.1, 0.15) is 119 Å². The first-order valence-electron chi connectivity index (χ1n) is 22.7. The number of ether oxygens (including phenoxy) is 2. The van der Waals surface area contributed by atoms with Gasteiger partial charge in [0.2, 0.25) is 11.8 Å². The van der Waals surface area contributed by atoms with Gasteiger partial charge in [0.25, 0.3) is 23.6 Å². The monoisotopic (exact) mass is 888 g/mol. The summed E-state index contributed by atoms with van der Waals surface area (Å²) in [6.07, 6.45) is 9.88. The second-order valence-electron chi connectivity index (χ2n) is 19.0. The summed E-state index contributed by atoms with van der Waals surface area (Å²) in [4.78, 5) is 78.2. The van der Waals surface area contributed by atoms with Crippen molar-refractivity contribution < 1.29 is 38.2 Å². The number of rotatable bonds is 17. The lowest BCUT2D eigenvalue weighted by Gasteiger charge is -2.54. The lowest BCUT2D eigenvalue weighted by atomic mass is 9.54. The van der Waals surface area contributed by atoms with Crippen molar-refractivity contribution in [3.63, 3.8) is 0 Å². The van der Waals surface area contributed by atoms with Crippen LogP contribution in [-0.4, -0.2) is 110 Å². The smallest absolute Gasteiger partial charge is 0.264 e. The highest BCUT2D eigenvalue weighted by Gasteiger charge is 2.49. The van der Waals surface area contributed by atoms with Crippen LogP contribution in [0.4, 0.5) is 5.69 Å². The molecular weight excluding hydrogens is 833 g/mol. The van der Waals surface area contributed by atoms with E-state index in [1.165, 1.54) is 32.1 Å². The van der Waals surface area contributed by atoms with E-state index >= 15 is 0 Å². The number of anilines is 1. The number of fused-ring (bicyclic) bond motifs is 1. The molecular formula is C47H56N10O8. The molecule has 6 aliphatic rings. The first-order valence-corrected chi connectivity index (χ1v) is 22.7. The molecule has 2 aliphatic heterocycles. The van der Waals surface area contributed by atoms with Crippen LogP contribution in [0.5, 0.6) is 0 Å². The van der Waals surface area contributed by atoms with Gasteiger partial charge in [0.15, 0.2) is 0 Å². The van der Waals surface area contributed by atoms with E-state index in [4.69, 9.17) is 9.47 Å². The van der Waals surface area contributed by atoms with Crippen LogP contribution in [0.3, 0.4) is 0 Å². The van der Waals surface area contributed by atoms with E-state index < -0.39 is 29.7 Å². The molecule has 0 spiro atoms. The SMILES string of the molecule is CC(C)(C)c1c(C(=O)NC2C3CC4CC(C3)CC2C4)cnn1-c1ccc(C(=O)NCc2cn(CCOCCOCCNc3cccc4c3C(=O)N(C3CCC(=O)NC3=O)C4=O)nn2)cc1. The molecule has 1 saturated heterocycles. The Morgan fingerprint density at radius 2 is 1.58 bits per heavy atom. The van der Waals surface area contributed by atoms with Crippen molar-refractivity contribution in [3.8, 4) is 5.69 Å². The van der Waals surface area contributed by atoms with E-state index in [0.29, 0.717) is 73.9 Å². The molecule has 2 aromatic carbocycles. The second-order valence-corrected chi connectivity index (χ2v) is 19.0. The van der Waals surface area contributed by atoms with E-state index in [0.717, 1.165) is 28.1 Å². The molecule has 1 unspecified atom stereocenters. The predicted molar refractivity (Wildman–Crippen MR) is 235 cm³/mol. The number of carbonyl (C=O) groups excluding carboxylic acids is 6. The second kappa shape index (κ2) is 18.3. The maximum absolute atomic E-state index is 13.9. The third-order valence-corrected chi connectivity index (χ3v) is 13.5. The fraction of sp³-hybridized carbons (Fsp3) is 0.511. The van der Waals surface area contributed by atoms with Crippen LogP contribution in [-0.2, 0) is 37.6 Å². The molecule has 2 aromatic heterocycles. The van der Waals surface area contributed by atoms with Crippen LogP contribution >= 0.6 is 0 Å². The Bertz CT molecular complexity index is 2460. The maximum atomic E-state index is 13.9. The average Bonchev–Trinajstić information content (AvgIpc) is 4.00. The first kappa shape index (κ1) is 44.0. The standard InChI is InChI=1S/C47H56N10O8/c1-47(2,3)41-35(43(60)52-40-30-20-27-19-28(22-30)23-31(40)21-27)25-50-57(41)33-9-7-29(8-10-33)42(59)49-24-32-26-55(54-53-32)14-16-65-18-17-64-15-13-48-36-6-4-5-34-39(36)46(63)56(45(34)62)37-11-12-38(58)51-44(37)61/h4-10,25-28,30-31,37,40,48H,11-24H2,1-3H3,(H,49,59)(H,52,60)(H,51,58,61). The van der Waals surface area contributed by atoms with Crippen molar-refractivity contribution >= 4 is 41.1 Å². The Labute approximate surface area is 376 Å². The fourth-order valence-corrected chi connectivity index (χ4v) is 10.8. The van der Waals surface area contributed by atoms with Gasteiger partial charge in [0.1, 0.15) is 11.7 Å². The molecule has 342 valence electrons. The number of amides is 6. The fourth-order valence-electron chi connectivity index (χ4n) is 10.8. The highest BCUT2D eigenvalue weighted by atomic mass is 16.5. The van der Waals surface area contributed by atoms with Crippen molar-refractivity contribution in [1.82, 2.24) is 45.6 Å². The molecule has 18 nitrogen and oxygen atoms in total. The summed E-state index contributed by atoms with van der Waals surface area (Å²) in [5.74, 6) is 0.306. The van der Waals surface area contributed by atoms with E-state index in [1.54, 1.807) is 47.4 Å². The number of piperidine rings is 1. The first-order chi connectivity index (χ1) is 31.3. The minimum atomic E-state index is -1.03. The van der Waals surface area contributed by atoms with Crippen molar-refractivity contribution in [3.05, 3.63) is 88.5 Å². The number of nitrogens with zero attached hydrogens (tertiary/aromatic N) is 6. The molecule has 4 aliphatic carbocycles. The van der Waals surface area contributed by atoms with Gasteiger partial charge >= 0.3 is 0 Å².